The van der Waals surface area contributed by atoms with Crippen molar-refractivity contribution in [3.63, 3.8) is 0 Å². The van der Waals surface area contributed by atoms with Crippen LogP contribution in [0.3, 0.4) is 0 Å². The smallest absolute Gasteiger partial charge is 0.245 e. The first-order valence-corrected chi connectivity index (χ1v) is 11.5. The summed E-state index contributed by atoms with van der Waals surface area (Å²) in [7, 11) is -1.50. The molecule has 1 atom stereocenters. The van der Waals surface area contributed by atoms with Crippen molar-refractivity contribution in [1.82, 2.24) is 14.8 Å². The van der Waals surface area contributed by atoms with Crippen molar-refractivity contribution in [3.05, 3.63) is 59.8 Å². The van der Waals surface area contributed by atoms with Crippen molar-refractivity contribution in [3.8, 4) is 0 Å². The minimum Gasteiger partial charge on any atom is -0.335 e. The second-order valence-electron chi connectivity index (χ2n) is 7.46. The SMILES string of the molecule is Cc1ccnc(NC(=O)CN(C)C(=O)C(c2ccccc2)N2CCS(=O)(=O)CC2)c1. The summed E-state index contributed by atoms with van der Waals surface area (Å²) < 4.78 is 23.6. The average molecular weight is 431 g/mol. The Kier molecular flexibility index (Phi) is 6.84. The molecule has 0 aliphatic carbocycles. The zero-order valence-electron chi connectivity index (χ0n) is 17.1. The van der Waals surface area contributed by atoms with Crippen LogP contribution in [0, 0.1) is 6.92 Å². The summed E-state index contributed by atoms with van der Waals surface area (Å²) in [6.45, 7) is 2.32. The minimum atomic E-state index is -3.07. The maximum atomic E-state index is 13.3. The number of pyridine rings is 1. The number of carbonyl (C=O) groups excluding carboxylic acids is 2. The van der Waals surface area contributed by atoms with Gasteiger partial charge in [0.15, 0.2) is 9.84 Å². The van der Waals surface area contributed by atoms with E-state index in [1.807, 2.05) is 48.2 Å². The second kappa shape index (κ2) is 9.36. The van der Waals surface area contributed by atoms with Gasteiger partial charge < -0.3 is 10.2 Å². The van der Waals surface area contributed by atoms with Crippen LogP contribution in [0.25, 0.3) is 0 Å². The summed E-state index contributed by atoms with van der Waals surface area (Å²) in [5.41, 5.74) is 1.74. The minimum absolute atomic E-state index is 0.0207. The molecule has 0 saturated carbocycles. The molecule has 1 aliphatic heterocycles. The van der Waals surface area contributed by atoms with Crippen LogP contribution in [-0.4, -0.2) is 73.2 Å². The van der Waals surface area contributed by atoms with Crippen molar-refractivity contribution in [2.24, 2.45) is 0 Å². The molecular formula is C21H26N4O4S. The first kappa shape index (κ1) is 21.9. The number of aromatic nitrogens is 1. The van der Waals surface area contributed by atoms with E-state index in [0.717, 1.165) is 11.1 Å². The molecule has 8 nitrogen and oxygen atoms in total. The van der Waals surface area contributed by atoms with Gasteiger partial charge in [0, 0.05) is 26.3 Å². The Morgan fingerprint density at radius 2 is 1.83 bits per heavy atom. The van der Waals surface area contributed by atoms with Gasteiger partial charge in [0.1, 0.15) is 11.9 Å². The van der Waals surface area contributed by atoms with Gasteiger partial charge >= 0.3 is 0 Å². The Balaban J connectivity index is 1.72. The van der Waals surface area contributed by atoms with Gasteiger partial charge in [-0.15, -0.1) is 0 Å². The molecule has 0 radical (unpaired) electrons. The third-order valence-corrected chi connectivity index (χ3v) is 6.64. The number of benzene rings is 1. The standard InChI is InChI=1S/C21H26N4O4S/c1-16-8-9-22-18(14-16)23-19(26)15-24(2)21(27)20(17-6-4-3-5-7-17)25-10-12-30(28,29)13-11-25/h3-9,14,20H,10-13,15H2,1-2H3,(H,22,23,26). The Hall–Kier alpha value is -2.78. The molecule has 2 amide bonds. The number of carbonyl (C=O) groups is 2. The van der Waals surface area contributed by atoms with Crippen LogP contribution in [0.15, 0.2) is 48.7 Å². The summed E-state index contributed by atoms with van der Waals surface area (Å²) in [4.78, 5) is 33.0. The fourth-order valence-corrected chi connectivity index (χ4v) is 4.65. The molecule has 3 rings (SSSR count). The summed E-state index contributed by atoms with van der Waals surface area (Å²) >= 11 is 0. The highest BCUT2D eigenvalue weighted by molar-refractivity contribution is 7.91. The highest BCUT2D eigenvalue weighted by atomic mass is 32.2. The van der Waals surface area contributed by atoms with E-state index in [9.17, 15) is 18.0 Å². The number of hydrogen-bond acceptors (Lipinski definition) is 6. The number of anilines is 1. The number of rotatable bonds is 6. The third-order valence-electron chi connectivity index (χ3n) is 5.03. The first-order valence-electron chi connectivity index (χ1n) is 9.72. The summed E-state index contributed by atoms with van der Waals surface area (Å²) in [5, 5.41) is 2.70. The number of likely N-dealkylation sites (N-methyl/N-ethyl adjacent to an activating group) is 1. The predicted molar refractivity (Wildman–Crippen MR) is 115 cm³/mol. The zero-order chi connectivity index (χ0) is 21.7. The van der Waals surface area contributed by atoms with Gasteiger partial charge in [-0.25, -0.2) is 13.4 Å². The van der Waals surface area contributed by atoms with E-state index in [1.54, 1.807) is 19.3 Å². The summed E-state index contributed by atoms with van der Waals surface area (Å²) in [6, 6.07) is 12.2. The highest BCUT2D eigenvalue weighted by Crippen LogP contribution is 2.25. The van der Waals surface area contributed by atoms with Gasteiger partial charge in [-0.1, -0.05) is 30.3 Å². The molecule has 1 unspecified atom stereocenters. The topological polar surface area (TPSA) is 99.7 Å². The van der Waals surface area contributed by atoms with E-state index in [1.165, 1.54) is 4.90 Å². The Morgan fingerprint density at radius 3 is 2.47 bits per heavy atom. The number of aryl methyl sites for hydroxylation is 1. The molecule has 30 heavy (non-hydrogen) atoms. The van der Waals surface area contributed by atoms with E-state index in [-0.39, 0.29) is 43.0 Å². The number of sulfone groups is 1. The van der Waals surface area contributed by atoms with Crippen molar-refractivity contribution < 1.29 is 18.0 Å². The van der Waals surface area contributed by atoms with E-state index >= 15 is 0 Å². The average Bonchev–Trinajstić information content (AvgIpc) is 2.70. The van der Waals surface area contributed by atoms with Crippen LogP contribution in [0.5, 0.6) is 0 Å². The van der Waals surface area contributed by atoms with Gasteiger partial charge in [-0.2, -0.15) is 0 Å². The van der Waals surface area contributed by atoms with Gasteiger partial charge in [-0.3, -0.25) is 14.5 Å². The maximum Gasteiger partial charge on any atom is 0.245 e. The van der Waals surface area contributed by atoms with Crippen molar-refractivity contribution in [2.75, 3.05) is 43.5 Å². The molecule has 0 spiro atoms. The van der Waals surface area contributed by atoms with Crippen LogP contribution >= 0.6 is 0 Å². The lowest BCUT2D eigenvalue weighted by Gasteiger charge is -2.35. The molecule has 9 heteroatoms. The Bertz CT molecular complexity index is 997. The molecule has 1 aromatic carbocycles. The molecule has 1 aliphatic rings. The summed E-state index contributed by atoms with van der Waals surface area (Å²) in [5.74, 6) is -0.133. The molecule has 1 N–H and O–H groups in total. The van der Waals surface area contributed by atoms with Gasteiger partial charge in [-0.05, 0) is 30.2 Å². The Morgan fingerprint density at radius 1 is 1.17 bits per heavy atom. The second-order valence-corrected chi connectivity index (χ2v) is 9.77. The molecule has 160 valence electrons. The number of nitrogens with one attached hydrogen (secondary N) is 1. The fourth-order valence-electron chi connectivity index (χ4n) is 3.42. The van der Waals surface area contributed by atoms with Crippen molar-refractivity contribution >= 4 is 27.5 Å². The maximum absolute atomic E-state index is 13.3. The van der Waals surface area contributed by atoms with E-state index < -0.39 is 15.9 Å². The van der Waals surface area contributed by atoms with E-state index in [0.29, 0.717) is 5.82 Å². The Labute approximate surface area is 176 Å². The largest absolute Gasteiger partial charge is 0.335 e. The van der Waals surface area contributed by atoms with Crippen LogP contribution in [0.2, 0.25) is 0 Å². The van der Waals surface area contributed by atoms with Crippen LogP contribution in [0.1, 0.15) is 17.2 Å². The molecule has 1 fully saturated rings. The molecular weight excluding hydrogens is 404 g/mol. The summed E-state index contributed by atoms with van der Waals surface area (Å²) in [6.07, 6.45) is 1.61. The number of hydrogen-bond donors (Lipinski definition) is 1. The lowest BCUT2D eigenvalue weighted by atomic mass is 10.0. The fraction of sp³-hybridized carbons (Fsp3) is 0.381. The lowest BCUT2D eigenvalue weighted by Crippen LogP contribution is -2.49. The molecule has 1 saturated heterocycles. The quantitative estimate of drug-likeness (QED) is 0.741. The van der Waals surface area contributed by atoms with Gasteiger partial charge in [0.2, 0.25) is 11.8 Å². The first-order chi connectivity index (χ1) is 14.2. The molecule has 2 heterocycles. The highest BCUT2D eigenvalue weighted by Gasteiger charge is 2.34. The van der Waals surface area contributed by atoms with Crippen LogP contribution in [-0.2, 0) is 19.4 Å². The number of nitrogens with zero attached hydrogens (tertiary/aromatic N) is 3. The third kappa shape index (κ3) is 5.64. The number of amides is 2. The molecule has 1 aromatic heterocycles. The van der Waals surface area contributed by atoms with Gasteiger partial charge in [0.25, 0.3) is 0 Å². The normalized spacial score (nSPS) is 17.1. The zero-order valence-corrected chi connectivity index (χ0v) is 17.9. The lowest BCUT2D eigenvalue weighted by molar-refractivity contribution is -0.138. The monoisotopic (exact) mass is 430 g/mol. The van der Waals surface area contributed by atoms with Crippen molar-refractivity contribution in [2.45, 2.75) is 13.0 Å². The van der Waals surface area contributed by atoms with Crippen LogP contribution in [0.4, 0.5) is 5.82 Å². The van der Waals surface area contributed by atoms with Crippen LogP contribution < -0.4 is 5.32 Å². The molecule has 2 aromatic rings. The van der Waals surface area contributed by atoms with Crippen molar-refractivity contribution in [1.29, 1.82) is 0 Å². The van der Waals surface area contributed by atoms with Gasteiger partial charge in [0.05, 0.1) is 18.1 Å². The predicted octanol–water partition coefficient (Wildman–Crippen LogP) is 1.26. The van der Waals surface area contributed by atoms with E-state index in [4.69, 9.17) is 0 Å². The molecule has 0 bridgehead atoms. The van der Waals surface area contributed by atoms with E-state index in [2.05, 4.69) is 10.3 Å².